The molecule has 0 spiro atoms. The van der Waals surface area contributed by atoms with Crippen LogP contribution in [-0.2, 0) is 31.9 Å². The molecule has 0 fully saturated rings. The van der Waals surface area contributed by atoms with E-state index in [4.69, 9.17) is 20.8 Å². The predicted octanol–water partition coefficient (Wildman–Crippen LogP) is 0.784. The molecule has 6 nitrogen and oxygen atoms in total. The van der Waals surface area contributed by atoms with Gasteiger partial charge in [-0.2, -0.15) is 0 Å². The molecule has 0 aromatic rings. The quantitative estimate of drug-likeness (QED) is 0.355. The molecular formula is C11H16N2O4S2Tc. The van der Waals surface area contributed by atoms with E-state index in [1.807, 2.05) is 6.26 Å². The van der Waals surface area contributed by atoms with E-state index < -0.39 is 11.9 Å². The second-order valence-electron chi connectivity index (χ2n) is 3.79. The third kappa shape index (κ3) is 6.69. The van der Waals surface area contributed by atoms with Gasteiger partial charge in [0.25, 0.3) is 0 Å². The molecule has 113 valence electrons. The van der Waals surface area contributed by atoms with Crippen LogP contribution >= 0.6 is 24.0 Å². The second-order valence-corrected chi connectivity index (χ2v) is 5.27. The second kappa shape index (κ2) is 11.1. The zero-order valence-corrected chi connectivity index (χ0v) is 14.4. The minimum absolute atomic E-state index is 0.286. The van der Waals surface area contributed by atoms with E-state index >= 15 is 0 Å². The number of hydrogen-bond acceptors (Lipinski definition) is 6. The van der Waals surface area contributed by atoms with E-state index in [2.05, 4.69) is 10.6 Å². The van der Waals surface area contributed by atoms with E-state index in [0.29, 0.717) is 6.54 Å². The van der Waals surface area contributed by atoms with Gasteiger partial charge in [0.05, 0.1) is 4.20 Å². The summed E-state index contributed by atoms with van der Waals surface area (Å²) in [5.74, 6) is -2.43. The Balaban J connectivity index is 0.00000172. The molecule has 0 saturated carbocycles. The molecule has 0 heterocycles. The Kier molecular flexibility index (Phi) is 10.7. The first-order valence-electron chi connectivity index (χ1n) is 5.77. The van der Waals surface area contributed by atoms with Gasteiger partial charge in [0, 0.05) is 18.8 Å². The third-order valence-electron chi connectivity index (χ3n) is 2.59. The van der Waals surface area contributed by atoms with Crippen molar-refractivity contribution >= 4 is 40.1 Å². The Morgan fingerprint density at radius 1 is 1.35 bits per heavy atom. The van der Waals surface area contributed by atoms with E-state index in [-0.39, 0.29) is 6.54 Å². The van der Waals surface area contributed by atoms with Crippen molar-refractivity contribution in [3.8, 4) is 0 Å². The van der Waals surface area contributed by atoms with Gasteiger partial charge in [0.2, 0.25) is 0 Å². The SMILES string of the molecule is CSC(=S)C1=C(NCCNC(=O)C(=O)O)CCC1.[O]=[99Tc]. The van der Waals surface area contributed by atoms with Gasteiger partial charge in [0.15, 0.2) is 0 Å². The molecule has 1 amide bonds. The maximum absolute atomic E-state index is 10.8. The van der Waals surface area contributed by atoms with Crippen LogP contribution in [0.15, 0.2) is 11.3 Å². The van der Waals surface area contributed by atoms with Crippen LogP contribution in [0.4, 0.5) is 0 Å². The molecule has 0 aromatic heterocycles. The number of hydrogen-bond donors (Lipinski definition) is 3. The Labute approximate surface area is 137 Å². The monoisotopic (exact) mass is 403 g/mol. The molecule has 9 heteroatoms. The Morgan fingerprint density at radius 3 is 2.55 bits per heavy atom. The molecule has 1 aliphatic carbocycles. The summed E-state index contributed by atoms with van der Waals surface area (Å²) in [5, 5.41) is 13.9. The Morgan fingerprint density at radius 2 is 2.00 bits per heavy atom. The molecule has 20 heavy (non-hydrogen) atoms. The first-order valence-corrected chi connectivity index (χ1v) is 8.16. The van der Waals surface area contributed by atoms with Crippen LogP contribution in [0.25, 0.3) is 0 Å². The van der Waals surface area contributed by atoms with Crippen molar-refractivity contribution in [2.45, 2.75) is 19.3 Å². The number of carboxylic acids is 1. The van der Waals surface area contributed by atoms with Crippen molar-refractivity contribution in [2.24, 2.45) is 0 Å². The average Bonchev–Trinajstić information content (AvgIpc) is 2.92. The number of aliphatic carboxylic acids is 1. The fourth-order valence-electron chi connectivity index (χ4n) is 1.75. The number of carboxylic acid groups (broad SMARTS) is 1. The van der Waals surface area contributed by atoms with Crippen LogP contribution < -0.4 is 10.6 Å². The Hall–Kier alpha value is -0.631. The van der Waals surface area contributed by atoms with Gasteiger partial charge in [-0.05, 0) is 31.1 Å². The van der Waals surface area contributed by atoms with Gasteiger partial charge in [0.1, 0.15) is 0 Å². The number of carbonyl (C=O) groups is 2. The van der Waals surface area contributed by atoms with Crippen molar-refractivity contribution in [1.29, 1.82) is 0 Å². The van der Waals surface area contributed by atoms with Crippen molar-refractivity contribution < 1.29 is 37.1 Å². The summed E-state index contributed by atoms with van der Waals surface area (Å²) < 4.78 is 9.13. The van der Waals surface area contributed by atoms with Gasteiger partial charge in [-0.25, -0.2) is 4.79 Å². The maximum atomic E-state index is 10.8. The summed E-state index contributed by atoms with van der Waals surface area (Å²) in [4.78, 5) is 21.1. The Bertz CT molecular complexity index is 415. The van der Waals surface area contributed by atoms with Crippen LogP contribution in [-0.4, -0.2) is 40.5 Å². The summed E-state index contributed by atoms with van der Waals surface area (Å²) in [6.07, 6.45) is 4.99. The standard InChI is InChI=1S/C11H16N2O3S2.O.Tc/c1-18-11(17)7-3-2-4-8(7)12-5-6-13-9(14)10(15)16;;/h12H,2-6H2,1H3,(H,13,14)(H,15,16);;/i;;1+1. The van der Waals surface area contributed by atoms with E-state index in [1.165, 1.54) is 5.57 Å². The average molecular weight is 403 g/mol. The van der Waals surface area contributed by atoms with Gasteiger partial charge in [-0.15, -0.1) is 11.8 Å². The van der Waals surface area contributed by atoms with Crippen molar-refractivity contribution in [2.75, 3.05) is 19.3 Å². The van der Waals surface area contributed by atoms with Crippen LogP contribution in [0.5, 0.6) is 0 Å². The molecule has 0 unspecified atom stereocenters. The van der Waals surface area contributed by atoms with Crippen LogP contribution in [0.3, 0.4) is 0 Å². The molecular weight excluding hydrogens is 387 g/mol. The van der Waals surface area contributed by atoms with Crippen LogP contribution in [0.1, 0.15) is 19.3 Å². The molecule has 0 radical (unpaired) electrons. The number of thioether (sulfide) groups is 1. The number of rotatable bonds is 5. The van der Waals surface area contributed by atoms with E-state index in [1.54, 1.807) is 11.8 Å². The first kappa shape index (κ1) is 19.4. The van der Waals surface area contributed by atoms with Crippen molar-refractivity contribution in [1.82, 2.24) is 10.6 Å². The molecule has 0 saturated heterocycles. The summed E-state index contributed by atoms with van der Waals surface area (Å²) in [5.41, 5.74) is 2.31. The zero-order valence-electron chi connectivity index (χ0n) is 10.9. The van der Waals surface area contributed by atoms with Crippen molar-refractivity contribution in [3.63, 3.8) is 0 Å². The molecule has 1 aliphatic rings. The number of thiocarbonyl (C=S) groups is 1. The number of nitrogens with one attached hydrogen (secondary N) is 2. The molecule has 0 aromatic carbocycles. The molecule has 0 atom stereocenters. The van der Waals surface area contributed by atoms with Gasteiger partial charge >= 0.3 is 34.2 Å². The number of amides is 1. The van der Waals surface area contributed by atoms with E-state index in [9.17, 15) is 9.59 Å². The fraction of sp³-hybridized carbons (Fsp3) is 0.545. The first-order chi connectivity index (χ1) is 9.56. The number of allylic oxidation sites excluding steroid dienone is 1. The fourth-order valence-corrected chi connectivity index (χ4v) is 2.45. The molecule has 1 rings (SSSR count). The topological polar surface area (TPSA) is 95.5 Å². The summed E-state index contributed by atoms with van der Waals surface area (Å²) in [7, 11) is 0. The molecule has 3 N–H and O–H groups in total. The number of carbonyl (C=O) groups excluding carboxylic acids is 1. The van der Waals surface area contributed by atoms with Crippen LogP contribution in [0, 0.1) is 0 Å². The third-order valence-corrected chi connectivity index (χ3v) is 3.96. The minimum atomic E-state index is -1.46. The van der Waals surface area contributed by atoms with Gasteiger partial charge < -0.3 is 15.7 Å². The summed E-state index contributed by atoms with van der Waals surface area (Å²) >= 11 is 7.72. The predicted molar refractivity (Wildman–Crippen MR) is 76.3 cm³/mol. The van der Waals surface area contributed by atoms with Gasteiger partial charge in [-0.3, -0.25) is 4.79 Å². The summed E-state index contributed by atoms with van der Waals surface area (Å²) in [6.45, 7) is 0.794. The normalized spacial score (nSPS) is 13.2. The zero-order chi connectivity index (χ0) is 15.5. The molecule has 0 aliphatic heterocycles. The van der Waals surface area contributed by atoms with E-state index in [0.717, 1.165) is 48.0 Å². The van der Waals surface area contributed by atoms with Gasteiger partial charge in [-0.1, -0.05) is 12.2 Å². The summed E-state index contributed by atoms with van der Waals surface area (Å²) in [6, 6.07) is 0. The van der Waals surface area contributed by atoms with Crippen molar-refractivity contribution in [3.05, 3.63) is 11.3 Å². The van der Waals surface area contributed by atoms with Crippen LogP contribution in [0.2, 0.25) is 0 Å². The molecule has 0 bridgehead atoms.